The minimum Gasteiger partial charge on any atom is -0.382 e. The van der Waals surface area contributed by atoms with Gasteiger partial charge in [-0.15, -0.1) is 0 Å². The topological polar surface area (TPSA) is 55.0 Å². The summed E-state index contributed by atoms with van der Waals surface area (Å²) in [6.45, 7) is 5.43. The van der Waals surface area contributed by atoms with Crippen LogP contribution < -0.4 is 10.6 Å². The average Bonchev–Trinajstić information content (AvgIpc) is 2.97. The quantitative estimate of drug-likeness (QED) is 0.814. The lowest BCUT2D eigenvalue weighted by atomic mass is 10.3. The molecule has 0 saturated heterocycles. The molecular formula is C11H18N4. The molecule has 4 heteroatoms. The molecule has 1 aromatic heterocycles. The van der Waals surface area contributed by atoms with Crippen molar-refractivity contribution in [2.75, 3.05) is 17.2 Å². The summed E-state index contributed by atoms with van der Waals surface area (Å²) in [7, 11) is 0. The summed E-state index contributed by atoms with van der Waals surface area (Å²) in [6.07, 6.45) is 6.07. The fourth-order valence-electron chi connectivity index (χ4n) is 1.66. The number of rotatable bonds is 4. The monoisotopic (exact) mass is 206 g/mol. The van der Waals surface area contributed by atoms with Crippen molar-refractivity contribution in [3.8, 4) is 0 Å². The van der Waals surface area contributed by atoms with Crippen LogP contribution >= 0.6 is 0 Å². The van der Waals surface area contributed by atoms with Crippen molar-refractivity contribution in [1.82, 2.24) is 9.97 Å². The van der Waals surface area contributed by atoms with Gasteiger partial charge >= 0.3 is 0 Å². The summed E-state index contributed by atoms with van der Waals surface area (Å²) < 4.78 is 0. The van der Waals surface area contributed by atoms with Gasteiger partial charge in [0, 0.05) is 12.6 Å². The van der Waals surface area contributed by atoms with Crippen LogP contribution in [0.3, 0.4) is 0 Å². The second-order valence-electron chi connectivity index (χ2n) is 4.49. The van der Waals surface area contributed by atoms with Crippen LogP contribution in [0.2, 0.25) is 0 Å². The second kappa shape index (κ2) is 4.04. The molecule has 0 aromatic carbocycles. The Balaban J connectivity index is 2.15. The molecule has 15 heavy (non-hydrogen) atoms. The zero-order chi connectivity index (χ0) is 10.8. The summed E-state index contributed by atoms with van der Waals surface area (Å²) in [5.41, 5.74) is 5.64. The molecule has 2 rings (SSSR count). The van der Waals surface area contributed by atoms with Crippen LogP contribution in [-0.4, -0.2) is 22.6 Å². The highest BCUT2D eigenvalue weighted by atomic mass is 15.2. The normalized spacial score (nSPS) is 15.7. The smallest absolute Gasteiger partial charge is 0.149 e. The van der Waals surface area contributed by atoms with Crippen LogP contribution in [0.15, 0.2) is 12.4 Å². The summed E-state index contributed by atoms with van der Waals surface area (Å²) >= 11 is 0. The van der Waals surface area contributed by atoms with E-state index in [1.54, 1.807) is 12.4 Å². The SMILES string of the molecule is CC(C)N(CC1CC1)c1cncc(N)n1. The molecule has 1 saturated carbocycles. The number of nitrogen functional groups attached to an aromatic ring is 1. The molecular weight excluding hydrogens is 188 g/mol. The summed E-state index contributed by atoms with van der Waals surface area (Å²) in [5.74, 6) is 2.24. The van der Waals surface area contributed by atoms with Crippen molar-refractivity contribution in [2.24, 2.45) is 5.92 Å². The summed E-state index contributed by atoms with van der Waals surface area (Å²) in [5, 5.41) is 0. The fourth-order valence-corrected chi connectivity index (χ4v) is 1.66. The largest absolute Gasteiger partial charge is 0.382 e. The summed E-state index contributed by atoms with van der Waals surface area (Å²) in [4.78, 5) is 10.7. The number of hydrogen-bond acceptors (Lipinski definition) is 4. The van der Waals surface area contributed by atoms with E-state index in [1.807, 2.05) is 0 Å². The third-order valence-corrected chi connectivity index (χ3v) is 2.71. The highest BCUT2D eigenvalue weighted by Gasteiger charge is 2.26. The third-order valence-electron chi connectivity index (χ3n) is 2.71. The first-order valence-corrected chi connectivity index (χ1v) is 5.51. The predicted molar refractivity (Wildman–Crippen MR) is 61.7 cm³/mol. The van der Waals surface area contributed by atoms with E-state index in [4.69, 9.17) is 5.73 Å². The van der Waals surface area contributed by atoms with E-state index in [2.05, 4.69) is 28.7 Å². The molecule has 0 radical (unpaired) electrons. The van der Waals surface area contributed by atoms with Gasteiger partial charge in [0.05, 0.1) is 12.4 Å². The molecule has 2 N–H and O–H groups in total. The molecule has 4 nitrogen and oxygen atoms in total. The minimum absolute atomic E-state index is 0.446. The van der Waals surface area contributed by atoms with Gasteiger partial charge in [0.1, 0.15) is 11.6 Å². The van der Waals surface area contributed by atoms with E-state index in [9.17, 15) is 0 Å². The molecule has 1 heterocycles. The van der Waals surface area contributed by atoms with Crippen molar-refractivity contribution in [2.45, 2.75) is 32.7 Å². The van der Waals surface area contributed by atoms with Crippen molar-refractivity contribution in [1.29, 1.82) is 0 Å². The van der Waals surface area contributed by atoms with Gasteiger partial charge in [-0.2, -0.15) is 0 Å². The van der Waals surface area contributed by atoms with E-state index < -0.39 is 0 Å². The van der Waals surface area contributed by atoms with Gasteiger partial charge in [-0.05, 0) is 32.6 Å². The molecule has 1 fully saturated rings. The first-order chi connectivity index (χ1) is 7.16. The molecule has 0 spiro atoms. The Morgan fingerprint density at radius 1 is 1.47 bits per heavy atom. The Labute approximate surface area is 90.5 Å². The van der Waals surface area contributed by atoms with Crippen LogP contribution in [-0.2, 0) is 0 Å². The van der Waals surface area contributed by atoms with E-state index in [0.717, 1.165) is 18.3 Å². The highest BCUT2D eigenvalue weighted by Crippen LogP contribution is 2.31. The second-order valence-corrected chi connectivity index (χ2v) is 4.49. The first kappa shape index (κ1) is 10.2. The lowest BCUT2D eigenvalue weighted by Gasteiger charge is -2.27. The minimum atomic E-state index is 0.446. The van der Waals surface area contributed by atoms with E-state index >= 15 is 0 Å². The molecule has 1 aromatic rings. The van der Waals surface area contributed by atoms with E-state index in [0.29, 0.717) is 11.9 Å². The first-order valence-electron chi connectivity index (χ1n) is 5.51. The van der Waals surface area contributed by atoms with Gasteiger partial charge in [0.15, 0.2) is 0 Å². The van der Waals surface area contributed by atoms with E-state index in [-0.39, 0.29) is 0 Å². The molecule has 0 aliphatic heterocycles. The van der Waals surface area contributed by atoms with Gasteiger partial charge in [0.2, 0.25) is 0 Å². The fraction of sp³-hybridized carbons (Fsp3) is 0.636. The Morgan fingerprint density at radius 2 is 2.20 bits per heavy atom. The Kier molecular flexibility index (Phi) is 2.75. The highest BCUT2D eigenvalue weighted by molar-refractivity contribution is 5.42. The third kappa shape index (κ3) is 2.58. The van der Waals surface area contributed by atoms with Crippen molar-refractivity contribution in [3.63, 3.8) is 0 Å². The number of hydrogen-bond donors (Lipinski definition) is 1. The predicted octanol–water partition coefficient (Wildman–Crippen LogP) is 1.68. The number of anilines is 2. The average molecular weight is 206 g/mol. The summed E-state index contributed by atoms with van der Waals surface area (Å²) in [6, 6.07) is 0.446. The molecule has 0 bridgehead atoms. The lowest BCUT2D eigenvalue weighted by molar-refractivity contribution is 0.636. The van der Waals surface area contributed by atoms with Crippen LogP contribution in [0.25, 0.3) is 0 Å². The van der Waals surface area contributed by atoms with Crippen LogP contribution in [0.1, 0.15) is 26.7 Å². The molecule has 1 aliphatic carbocycles. The number of nitrogens with two attached hydrogens (primary N) is 1. The maximum absolute atomic E-state index is 5.64. The van der Waals surface area contributed by atoms with Crippen LogP contribution in [0.4, 0.5) is 11.6 Å². The standard InChI is InChI=1S/C11H18N4/c1-8(2)15(7-9-3-4-9)11-6-13-5-10(12)14-11/h5-6,8-9H,3-4,7H2,1-2H3,(H2,12,14). The van der Waals surface area contributed by atoms with Crippen LogP contribution in [0, 0.1) is 5.92 Å². The van der Waals surface area contributed by atoms with Crippen molar-refractivity contribution < 1.29 is 0 Å². The molecule has 0 atom stereocenters. The lowest BCUT2D eigenvalue weighted by Crippen LogP contribution is -2.33. The van der Waals surface area contributed by atoms with Crippen molar-refractivity contribution >= 4 is 11.6 Å². The number of aromatic nitrogens is 2. The van der Waals surface area contributed by atoms with Gasteiger partial charge < -0.3 is 10.6 Å². The maximum Gasteiger partial charge on any atom is 0.149 e. The zero-order valence-corrected chi connectivity index (χ0v) is 9.35. The maximum atomic E-state index is 5.64. The molecule has 1 aliphatic rings. The molecule has 82 valence electrons. The Hall–Kier alpha value is -1.32. The molecule has 0 unspecified atom stereocenters. The van der Waals surface area contributed by atoms with Gasteiger partial charge in [-0.3, -0.25) is 4.98 Å². The number of nitrogens with zero attached hydrogens (tertiary/aromatic N) is 3. The van der Waals surface area contributed by atoms with Gasteiger partial charge in [-0.25, -0.2) is 4.98 Å². The van der Waals surface area contributed by atoms with Crippen molar-refractivity contribution in [3.05, 3.63) is 12.4 Å². The Morgan fingerprint density at radius 3 is 2.73 bits per heavy atom. The Bertz CT molecular complexity index is 333. The molecule has 0 amide bonds. The van der Waals surface area contributed by atoms with Gasteiger partial charge in [0.25, 0.3) is 0 Å². The zero-order valence-electron chi connectivity index (χ0n) is 9.35. The van der Waals surface area contributed by atoms with Crippen LogP contribution in [0.5, 0.6) is 0 Å². The van der Waals surface area contributed by atoms with Gasteiger partial charge in [-0.1, -0.05) is 0 Å². The van der Waals surface area contributed by atoms with E-state index in [1.165, 1.54) is 12.8 Å².